The number of ketones is 1. The van der Waals surface area contributed by atoms with E-state index in [2.05, 4.69) is 0 Å². The quantitative estimate of drug-likeness (QED) is 0.791. The van der Waals surface area contributed by atoms with E-state index in [-0.39, 0.29) is 17.7 Å². The average molecular weight is 335 g/mol. The maximum Gasteiger partial charge on any atom is 0.291 e. The molecule has 1 fully saturated rings. The van der Waals surface area contributed by atoms with Gasteiger partial charge >= 0.3 is 0 Å². The van der Waals surface area contributed by atoms with E-state index in [4.69, 9.17) is 9.47 Å². The molecule has 0 aromatic heterocycles. The Balaban J connectivity index is 1.93. The Morgan fingerprint density at radius 1 is 1.12 bits per heavy atom. The molecule has 5 heteroatoms. The summed E-state index contributed by atoms with van der Waals surface area (Å²) < 4.78 is 11.3. The molecule has 2 aliphatic heterocycles. The lowest BCUT2D eigenvalue weighted by Gasteiger charge is -2.40. The molecule has 5 nitrogen and oxygen atoms in total. The number of rotatable bonds is 2. The van der Waals surface area contributed by atoms with Crippen LogP contribution in [0.3, 0.4) is 0 Å². The van der Waals surface area contributed by atoms with E-state index in [9.17, 15) is 9.59 Å². The van der Waals surface area contributed by atoms with Crippen molar-refractivity contribution in [2.24, 2.45) is 0 Å². The van der Waals surface area contributed by atoms with Crippen LogP contribution >= 0.6 is 0 Å². The fourth-order valence-corrected chi connectivity index (χ4v) is 4.71. The van der Waals surface area contributed by atoms with Crippen molar-refractivity contribution in [2.45, 2.75) is 18.4 Å². The summed E-state index contributed by atoms with van der Waals surface area (Å²) in [6, 6.07) is 9.58. The highest BCUT2D eigenvalue weighted by atomic mass is 16.5. The van der Waals surface area contributed by atoms with Gasteiger partial charge in [0.2, 0.25) is 5.78 Å². The molecule has 2 unspecified atom stereocenters. The van der Waals surface area contributed by atoms with Crippen LogP contribution in [0, 0.1) is 0 Å². The van der Waals surface area contributed by atoms with Crippen LogP contribution < -0.4 is 9.47 Å². The molecule has 0 radical (unpaired) electrons. The predicted octanol–water partition coefficient (Wildman–Crippen LogP) is 2.48. The molecule has 2 aromatic carbocycles. The first kappa shape index (κ1) is 14.5. The van der Waals surface area contributed by atoms with Crippen LogP contribution in [0.5, 0.6) is 11.5 Å². The van der Waals surface area contributed by atoms with E-state index in [0.717, 1.165) is 27.8 Å². The van der Waals surface area contributed by atoms with Gasteiger partial charge < -0.3 is 14.4 Å². The minimum atomic E-state index is -0.423. The topological polar surface area (TPSA) is 55.8 Å². The van der Waals surface area contributed by atoms with Crippen molar-refractivity contribution in [2.75, 3.05) is 20.8 Å². The van der Waals surface area contributed by atoms with Gasteiger partial charge in [0.05, 0.1) is 26.2 Å². The largest absolute Gasteiger partial charge is 0.493 e. The van der Waals surface area contributed by atoms with Crippen LogP contribution in [-0.2, 0) is 16.0 Å². The van der Waals surface area contributed by atoms with Gasteiger partial charge in [-0.05, 0) is 34.7 Å². The second-order valence-corrected chi connectivity index (χ2v) is 6.68. The fraction of sp³-hybridized carbons (Fsp3) is 0.300. The maximum absolute atomic E-state index is 12.7. The van der Waals surface area contributed by atoms with E-state index in [0.29, 0.717) is 24.5 Å². The van der Waals surface area contributed by atoms with Crippen molar-refractivity contribution in [1.82, 2.24) is 4.90 Å². The number of amides is 1. The highest BCUT2D eigenvalue weighted by Crippen LogP contribution is 2.58. The van der Waals surface area contributed by atoms with Gasteiger partial charge in [-0.2, -0.15) is 0 Å². The van der Waals surface area contributed by atoms with Crippen molar-refractivity contribution in [3.8, 4) is 22.6 Å². The van der Waals surface area contributed by atoms with Crippen molar-refractivity contribution in [1.29, 1.82) is 0 Å². The smallest absolute Gasteiger partial charge is 0.291 e. The molecular weight excluding hydrogens is 318 g/mol. The lowest BCUT2D eigenvalue weighted by molar-refractivity contribution is -0.140. The summed E-state index contributed by atoms with van der Waals surface area (Å²) in [6.45, 7) is 0.565. The van der Waals surface area contributed by atoms with E-state index in [1.54, 1.807) is 19.1 Å². The van der Waals surface area contributed by atoms with Gasteiger partial charge in [-0.15, -0.1) is 0 Å². The molecule has 2 atom stereocenters. The molecule has 1 aliphatic carbocycles. The molecule has 25 heavy (non-hydrogen) atoms. The van der Waals surface area contributed by atoms with Crippen LogP contribution in [0.25, 0.3) is 11.1 Å². The summed E-state index contributed by atoms with van der Waals surface area (Å²) in [5.74, 6) is 0.270. The van der Waals surface area contributed by atoms with Crippen molar-refractivity contribution >= 4 is 11.7 Å². The Morgan fingerprint density at radius 3 is 2.68 bits per heavy atom. The first-order chi connectivity index (χ1) is 12.2. The third kappa shape index (κ3) is 1.63. The molecule has 126 valence electrons. The third-order valence-electron chi connectivity index (χ3n) is 5.68. The summed E-state index contributed by atoms with van der Waals surface area (Å²) in [6.07, 6.45) is 0.715. The van der Waals surface area contributed by atoms with E-state index in [1.807, 2.05) is 30.3 Å². The highest BCUT2D eigenvalue weighted by molar-refractivity contribution is 6.41. The Morgan fingerprint density at radius 2 is 1.92 bits per heavy atom. The van der Waals surface area contributed by atoms with E-state index in [1.165, 1.54) is 0 Å². The molecule has 1 saturated heterocycles. The molecular formula is C20H17NO4. The zero-order valence-corrected chi connectivity index (χ0v) is 14.0. The lowest BCUT2D eigenvalue weighted by atomic mass is 9.72. The highest BCUT2D eigenvalue weighted by Gasteiger charge is 2.54. The Kier molecular flexibility index (Phi) is 2.82. The predicted molar refractivity (Wildman–Crippen MR) is 90.9 cm³/mol. The number of nitrogens with zero attached hydrogens (tertiary/aromatic N) is 1. The molecule has 0 spiro atoms. The van der Waals surface area contributed by atoms with E-state index >= 15 is 0 Å². The Hall–Kier alpha value is -2.82. The second kappa shape index (κ2) is 4.85. The number of fused-ring (bicyclic) bond motifs is 3. The monoisotopic (exact) mass is 335 g/mol. The summed E-state index contributed by atoms with van der Waals surface area (Å²) in [4.78, 5) is 27.0. The van der Waals surface area contributed by atoms with Crippen LogP contribution in [0.1, 0.15) is 28.7 Å². The van der Waals surface area contributed by atoms with Crippen molar-refractivity contribution < 1.29 is 19.1 Å². The van der Waals surface area contributed by atoms with Crippen molar-refractivity contribution in [3.05, 3.63) is 47.0 Å². The normalized spacial score (nSPS) is 22.6. The number of benzene rings is 2. The minimum Gasteiger partial charge on any atom is -0.493 e. The van der Waals surface area contributed by atoms with E-state index < -0.39 is 5.92 Å². The van der Waals surface area contributed by atoms with Crippen molar-refractivity contribution in [3.63, 3.8) is 0 Å². The summed E-state index contributed by atoms with van der Waals surface area (Å²) in [7, 11) is 3.26. The fourth-order valence-electron chi connectivity index (χ4n) is 4.71. The molecule has 5 rings (SSSR count). The minimum absolute atomic E-state index is 0.228. The van der Waals surface area contributed by atoms with Gasteiger partial charge in [0, 0.05) is 12.1 Å². The summed E-state index contributed by atoms with van der Waals surface area (Å²) in [5, 5.41) is 0. The number of Topliss-reactive ketones (excluding diaryl/α,β-unsaturated/α-hetero) is 1. The molecule has 2 heterocycles. The second-order valence-electron chi connectivity index (χ2n) is 6.68. The first-order valence-corrected chi connectivity index (χ1v) is 8.39. The Labute approximate surface area is 145 Å². The molecule has 1 amide bonds. The first-order valence-electron chi connectivity index (χ1n) is 8.39. The van der Waals surface area contributed by atoms with Gasteiger partial charge in [0.25, 0.3) is 5.91 Å². The Bertz CT molecular complexity index is 949. The maximum atomic E-state index is 12.7. The zero-order chi connectivity index (χ0) is 17.3. The van der Waals surface area contributed by atoms with Gasteiger partial charge in [-0.1, -0.05) is 24.3 Å². The standard InChI is InChI=1S/C20H17NO4/c1-24-13-9-10-7-8-21-17-14(10)15(19(13)25-2)11-5-3-4-6-12(11)16(17)18(22)20(21)23/h3-6,9,16-17H,7-8H2,1-2H3. The third-order valence-corrected chi connectivity index (χ3v) is 5.68. The van der Waals surface area contributed by atoms with Gasteiger partial charge in [-0.3, -0.25) is 9.59 Å². The molecule has 0 saturated carbocycles. The van der Waals surface area contributed by atoms with Gasteiger partial charge in [0.15, 0.2) is 11.5 Å². The number of hydrogen-bond donors (Lipinski definition) is 0. The van der Waals surface area contributed by atoms with Gasteiger partial charge in [-0.25, -0.2) is 0 Å². The van der Waals surface area contributed by atoms with Crippen LogP contribution in [-0.4, -0.2) is 37.4 Å². The zero-order valence-electron chi connectivity index (χ0n) is 14.0. The number of carbonyl (C=O) groups excluding carboxylic acids is 2. The molecule has 3 aliphatic rings. The molecule has 0 N–H and O–H groups in total. The number of methoxy groups -OCH3 is 2. The van der Waals surface area contributed by atoms with Crippen LogP contribution in [0.15, 0.2) is 30.3 Å². The SMILES string of the molecule is COc1cc2c3c(c1OC)-c1ccccc1C1C(=O)C(=O)N(CC2)C31. The summed E-state index contributed by atoms with van der Waals surface area (Å²) in [5.41, 5.74) is 5.00. The summed E-state index contributed by atoms with van der Waals surface area (Å²) >= 11 is 0. The lowest BCUT2D eigenvalue weighted by Crippen LogP contribution is -2.37. The number of hydrogen-bond acceptors (Lipinski definition) is 4. The molecule has 2 aromatic rings. The van der Waals surface area contributed by atoms with Gasteiger partial charge in [0.1, 0.15) is 0 Å². The number of carbonyl (C=O) groups is 2. The number of ether oxygens (including phenoxy) is 2. The average Bonchev–Trinajstić information content (AvgIpc) is 2.91. The van der Waals surface area contributed by atoms with Crippen LogP contribution in [0.4, 0.5) is 0 Å². The van der Waals surface area contributed by atoms with Crippen LogP contribution in [0.2, 0.25) is 0 Å². The molecule has 0 bridgehead atoms.